The third-order valence-corrected chi connectivity index (χ3v) is 3.02. The van der Waals surface area contributed by atoms with Gasteiger partial charge in [-0.1, -0.05) is 12.1 Å². The molecule has 0 aliphatic heterocycles. The summed E-state index contributed by atoms with van der Waals surface area (Å²) < 4.78 is 6.63. The summed E-state index contributed by atoms with van der Waals surface area (Å²) in [6.07, 6.45) is 2.14. The van der Waals surface area contributed by atoms with E-state index >= 15 is 0 Å². The quantitative estimate of drug-likeness (QED) is 0.795. The second kappa shape index (κ2) is 7.26. The van der Waals surface area contributed by atoms with Crippen molar-refractivity contribution >= 4 is 17.6 Å². The number of nitrogens with two attached hydrogens (primary N) is 1. The Morgan fingerprint density at radius 2 is 2.00 bits per heavy atom. The number of anilines is 1. The van der Waals surface area contributed by atoms with Crippen molar-refractivity contribution in [3.8, 4) is 5.75 Å². The van der Waals surface area contributed by atoms with Crippen LogP contribution in [-0.4, -0.2) is 28.7 Å². The zero-order valence-electron chi connectivity index (χ0n) is 12.3. The van der Waals surface area contributed by atoms with Crippen LogP contribution in [0.4, 0.5) is 5.82 Å². The van der Waals surface area contributed by atoms with E-state index in [-0.39, 0.29) is 24.7 Å². The molecule has 0 radical (unpaired) electrons. The third-order valence-electron chi connectivity index (χ3n) is 3.02. The third kappa shape index (κ3) is 4.62. The first-order valence-corrected chi connectivity index (χ1v) is 6.81. The summed E-state index contributed by atoms with van der Waals surface area (Å²) in [6, 6.07) is 8.96. The van der Waals surface area contributed by atoms with Crippen molar-refractivity contribution in [1.29, 1.82) is 0 Å². The molecule has 3 N–H and O–H groups in total. The van der Waals surface area contributed by atoms with E-state index in [9.17, 15) is 9.59 Å². The number of benzene rings is 1. The van der Waals surface area contributed by atoms with E-state index in [0.717, 1.165) is 11.3 Å². The van der Waals surface area contributed by atoms with Crippen LogP contribution in [0.3, 0.4) is 0 Å². The van der Waals surface area contributed by atoms with Crippen molar-refractivity contribution in [3.63, 3.8) is 0 Å². The average Bonchev–Trinajstić information content (AvgIpc) is 2.93. The van der Waals surface area contributed by atoms with Crippen LogP contribution >= 0.6 is 0 Å². The van der Waals surface area contributed by atoms with E-state index in [2.05, 4.69) is 10.4 Å². The summed E-state index contributed by atoms with van der Waals surface area (Å²) in [5.74, 6) is 0.645. The Labute approximate surface area is 128 Å². The molecule has 0 aliphatic rings. The number of nitrogens with zero attached hydrogens (tertiary/aromatic N) is 2. The number of nitrogens with one attached hydrogen (secondary N) is 1. The van der Waals surface area contributed by atoms with Crippen LogP contribution in [-0.2, 0) is 22.6 Å². The highest BCUT2D eigenvalue weighted by atomic mass is 16.5. The maximum absolute atomic E-state index is 11.9. The number of hydrogen-bond donors (Lipinski definition) is 2. The second-order valence-electron chi connectivity index (χ2n) is 4.75. The molecule has 1 aromatic carbocycles. The highest BCUT2D eigenvalue weighted by Crippen LogP contribution is 2.12. The number of hydrogen-bond acceptors (Lipinski definition) is 4. The van der Waals surface area contributed by atoms with Crippen LogP contribution in [0, 0.1) is 0 Å². The molecule has 116 valence electrons. The molecular weight excluding hydrogens is 284 g/mol. The largest absolute Gasteiger partial charge is 0.497 e. The lowest BCUT2D eigenvalue weighted by atomic mass is 10.1. The maximum Gasteiger partial charge on any atom is 0.229 e. The van der Waals surface area contributed by atoms with Gasteiger partial charge in [-0.05, 0) is 17.7 Å². The van der Waals surface area contributed by atoms with Gasteiger partial charge < -0.3 is 15.8 Å². The van der Waals surface area contributed by atoms with Crippen molar-refractivity contribution in [2.24, 2.45) is 5.73 Å². The number of carbonyl (C=O) groups is 2. The number of rotatable bonds is 7. The lowest BCUT2D eigenvalue weighted by molar-refractivity contribution is -0.118. The van der Waals surface area contributed by atoms with E-state index in [1.165, 1.54) is 0 Å². The molecule has 1 heterocycles. The fourth-order valence-electron chi connectivity index (χ4n) is 1.89. The van der Waals surface area contributed by atoms with Crippen LogP contribution in [0.25, 0.3) is 0 Å². The summed E-state index contributed by atoms with van der Waals surface area (Å²) in [5.41, 5.74) is 5.96. The number of aromatic nitrogens is 2. The first kappa shape index (κ1) is 15.6. The molecule has 0 bridgehead atoms. The van der Waals surface area contributed by atoms with Crippen molar-refractivity contribution in [1.82, 2.24) is 9.78 Å². The Balaban J connectivity index is 1.87. The summed E-state index contributed by atoms with van der Waals surface area (Å²) in [4.78, 5) is 22.7. The molecule has 0 atom stereocenters. The van der Waals surface area contributed by atoms with Gasteiger partial charge in [0, 0.05) is 25.2 Å². The average molecular weight is 302 g/mol. The van der Waals surface area contributed by atoms with E-state index in [1.54, 1.807) is 36.2 Å². The molecule has 2 amide bonds. The highest BCUT2D eigenvalue weighted by Gasteiger charge is 2.07. The minimum Gasteiger partial charge on any atom is -0.497 e. The van der Waals surface area contributed by atoms with Gasteiger partial charge in [0.25, 0.3) is 0 Å². The Kier molecular flexibility index (Phi) is 5.13. The molecule has 2 aromatic rings. The SMILES string of the molecule is COc1ccc(CC(=O)Nc2ccn(CCC(N)=O)n2)cc1. The zero-order valence-corrected chi connectivity index (χ0v) is 12.3. The molecule has 1 aromatic heterocycles. The lowest BCUT2D eigenvalue weighted by Crippen LogP contribution is -2.16. The second-order valence-corrected chi connectivity index (χ2v) is 4.75. The van der Waals surface area contributed by atoms with Crippen LogP contribution in [0.1, 0.15) is 12.0 Å². The van der Waals surface area contributed by atoms with Crippen molar-refractivity contribution in [2.75, 3.05) is 12.4 Å². The number of amides is 2. The fourth-order valence-corrected chi connectivity index (χ4v) is 1.89. The first-order chi connectivity index (χ1) is 10.6. The molecule has 7 nitrogen and oxygen atoms in total. The van der Waals surface area contributed by atoms with Gasteiger partial charge in [-0.2, -0.15) is 5.10 Å². The van der Waals surface area contributed by atoms with Crippen molar-refractivity contribution in [3.05, 3.63) is 42.1 Å². The smallest absolute Gasteiger partial charge is 0.229 e. The Morgan fingerprint density at radius 3 is 2.64 bits per heavy atom. The predicted octanol–water partition coefficient (Wildman–Crippen LogP) is 0.948. The van der Waals surface area contributed by atoms with Crippen LogP contribution in [0.2, 0.25) is 0 Å². The number of carbonyl (C=O) groups excluding carboxylic acids is 2. The Morgan fingerprint density at radius 1 is 1.27 bits per heavy atom. The van der Waals surface area contributed by atoms with E-state index in [1.807, 2.05) is 12.1 Å². The first-order valence-electron chi connectivity index (χ1n) is 6.81. The minimum atomic E-state index is -0.388. The van der Waals surface area contributed by atoms with Gasteiger partial charge in [-0.3, -0.25) is 14.3 Å². The van der Waals surface area contributed by atoms with Gasteiger partial charge in [0.15, 0.2) is 5.82 Å². The van der Waals surface area contributed by atoms with Crippen molar-refractivity contribution < 1.29 is 14.3 Å². The monoisotopic (exact) mass is 302 g/mol. The van der Waals surface area contributed by atoms with Crippen LogP contribution < -0.4 is 15.8 Å². The Bertz CT molecular complexity index is 649. The normalized spacial score (nSPS) is 10.2. The molecule has 7 heteroatoms. The number of ether oxygens (including phenoxy) is 1. The number of primary amides is 1. The number of aryl methyl sites for hydroxylation is 1. The predicted molar refractivity (Wildman–Crippen MR) is 81.4 cm³/mol. The molecular formula is C15H18N4O3. The molecule has 0 aliphatic carbocycles. The van der Waals surface area contributed by atoms with E-state index in [4.69, 9.17) is 10.5 Å². The summed E-state index contributed by atoms with van der Waals surface area (Å²) in [7, 11) is 1.59. The maximum atomic E-state index is 11.9. The van der Waals surface area contributed by atoms with E-state index in [0.29, 0.717) is 12.4 Å². The standard InChI is InChI=1S/C15H18N4O3/c1-22-12-4-2-11(3-5-12)10-15(21)17-14-7-9-19(18-14)8-6-13(16)20/h2-5,7,9H,6,8,10H2,1H3,(H2,16,20)(H,17,18,21). The van der Waals surface area contributed by atoms with Gasteiger partial charge in [-0.25, -0.2) is 0 Å². The molecule has 0 saturated carbocycles. The number of methoxy groups -OCH3 is 1. The van der Waals surface area contributed by atoms with Crippen LogP contribution in [0.5, 0.6) is 5.75 Å². The lowest BCUT2D eigenvalue weighted by Gasteiger charge is -2.04. The molecule has 0 unspecified atom stereocenters. The van der Waals surface area contributed by atoms with Gasteiger partial charge in [0.2, 0.25) is 11.8 Å². The molecule has 2 rings (SSSR count). The summed E-state index contributed by atoms with van der Waals surface area (Å²) >= 11 is 0. The summed E-state index contributed by atoms with van der Waals surface area (Å²) in [5, 5.41) is 6.86. The topological polar surface area (TPSA) is 99.2 Å². The van der Waals surface area contributed by atoms with Crippen molar-refractivity contribution in [2.45, 2.75) is 19.4 Å². The van der Waals surface area contributed by atoms with Gasteiger partial charge in [-0.15, -0.1) is 0 Å². The zero-order chi connectivity index (χ0) is 15.9. The summed E-state index contributed by atoms with van der Waals surface area (Å²) in [6.45, 7) is 0.393. The van der Waals surface area contributed by atoms with Gasteiger partial charge in [0.05, 0.1) is 13.5 Å². The van der Waals surface area contributed by atoms with E-state index < -0.39 is 0 Å². The van der Waals surface area contributed by atoms with Gasteiger partial charge >= 0.3 is 0 Å². The highest BCUT2D eigenvalue weighted by molar-refractivity contribution is 5.91. The minimum absolute atomic E-state index is 0.162. The van der Waals surface area contributed by atoms with Gasteiger partial charge in [0.1, 0.15) is 5.75 Å². The molecule has 0 saturated heterocycles. The van der Waals surface area contributed by atoms with Crippen LogP contribution in [0.15, 0.2) is 36.5 Å². The fraction of sp³-hybridized carbons (Fsp3) is 0.267. The molecule has 22 heavy (non-hydrogen) atoms. The molecule has 0 fully saturated rings. The Hall–Kier alpha value is -2.83. The molecule has 0 spiro atoms.